The molecular formula is C7H14ClNO3S2. The van der Waals surface area contributed by atoms with Gasteiger partial charge in [0.1, 0.15) is 10.0 Å². The highest BCUT2D eigenvalue weighted by molar-refractivity contribution is 8.08. The molecule has 0 aromatic rings. The molecule has 0 amide bonds. The van der Waals surface area contributed by atoms with E-state index in [2.05, 4.69) is 0 Å². The number of halogens is 1. The zero-order chi connectivity index (χ0) is 10.8. The monoisotopic (exact) mass is 259 g/mol. The predicted octanol–water partition coefficient (Wildman–Crippen LogP) is 0.561. The Balaban J connectivity index is 2.43. The fourth-order valence-corrected chi connectivity index (χ4v) is 3.71. The first-order chi connectivity index (χ1) is 6.39. The van der Waals surface area contributed by atoms with Crippen LogP contribution in [0.25, 0.3) is 0 Å². The van der Waals surface area contributed by atoms with Gasteiger partial charge in [-0.25, -0.2) is 16.9 Å². The molecule has 1 heterocycles. The molecule has 0 radical (unpaired) electrons. The maximum atomic E-state index is 11.2. The average molecular weight is 260 g/mol. The minimum Gasteiger partial charge on any atom is -0.243 e. The Morgan fingerprint density at radius 2 is 1.93 bits per heavy atom. The molecule has 1 saturated heterocycles. The molecule has 0 aromatic heterocycles. The molecule has 0 spiro atoms. The number of hydrogen-bond acceptors (Lipinski definition) is 3. The van der Waals surface area contributed by atoms with Gasteiger partial charge in [-0.2, -0.15) is 0 Å². The summed E-state index contributed by atoms with van der Waals surface area (Å²) in [5.74, 6) is 0.769. The molecule has 0 N–H and O–H groups in total. The molecule has 0 aliphatic carbocycles. The zero-order valence-corrected chi connectivity index (χ0v) is 10.4. The number of piperidine rings is 1. The largest absolute Gasteiger partial charge is 0.243 e. The molecule has 1 fully saturated rings. The zero-order valence-electron chi connectivity index (χ0n) is 7.98. The molecule has 0 aromatic carbocycles. The minimum atomic E-state index is -3.05. The summed E-state index contributed by atoms with van der Waals surface area (Å²) in [6.45, 7) is 1.05. The van der Waals surface area contributed by atoms with Crippen LogP contribution in [-0.4, -0.2) is 42.0 Å². The minimum absolute atomic E-state index is 0.298. The van der Waals surface area contributed by atoms with Gasteiger partial charge < -0.3 is 0 Å². The topological polar surface area (TPSA) is 54.5 Å². The average Bonchev–Trinajstić information content (AvgIpc) is 2.02. The Morgan fingerprint density at radius 1 is 1.43 bits per heavy atom. The molecule has 0 bridgehead atoms. The summed E-state index contributed by atoms with van der Waals surface area (Å²) in [5, 5.41) is 0. The molecule has 4 nitrogen and oxygen atoms in total. The summed E-state index contributed by atoms with van der Waals surface area (Å²) in [5.41, 5.74) is 0. The van der Waals surface area contributed by atoms with Crippen molar-refractivity contribution < 1.29 is 12.6 Å². The van der Waals surface area contributed by atoms with Gasteiger partial charge in [0.05, 0.1) is 6.26 Å². The van der Waals surface area contributed by atoms with Gasteiger partial charge in [0, 0.05) is 18.8 Å². The fraction of sp³-hybridized carbons (Fsp3) is 1.00. The molecule has 14 heavy (non-hydrogen) atoms. The van der Waals surface area contributed by atoms with Crippen molar-refractivity contribution in [1.29, 1.82) is 0 Å². The Morgan fingerprint density at radius 3 is 2.29 bits per heavy atom. The number of nitrogens with zero attached hydrogens (tertiary/aromatic N) is 1. The lowest BCUT2D eigenvalue weighted by Gasteiger charge is -2.29. The third kappa shape index (κ3) is 3.84. The van der Waals surface area contributed by atoms with Crippen molar-refractivity contribution in [3.63, 3.8) is 0 Å². The van der Waals surface area contributed by atoms with E-state index in [1.54, 1.807) is 0 Å². The maximum absolute atomic E-state index is 11.2. The van der Waals surface area contributed by atoms with Gasteiger partial charge in [0.25, 0.3) is 0 Å². The highest BCUT2D eigenvalue weighted by Crippen LogP contribution is 2.20. The fourth-order valence-electron chi connectivity index (χ4n) is 1.59. The first-order valence-electron chi connectivity index (χ1n) is 4.39. The lowest BCUT2D eigenvalue weighted by molar-refractivity contribution is 0.292. The number of sulfonamides is 1. The van der Waals surface area contributed by atoms with Crippen molar-refractivity contribution in [2.75, 3.05) is 25.1 Å². The summed E-state index contributed by atoms with van der Waals surface area (Å²) in [7, 11) is 1.03. The van der Waals surface area contributed by atoms with Crippen LogP contribution in [0.3, 0.4) is 0 Å². The van der Waals surface area contributed by atoms with Crippen LogP contribution in [-0.2, 0) is 20.0 Å². The summed E-state index contributed by atoms with van der Waals surface area (Å²) in [6.07, 6.45) is 2.73. The van der Waals surface area contributed by atoms with E-state index in [1.807, 2.05) is 0 Å². The SMILES string of the molecule is CS(=O)(=O)N1CCC(CS(=O)Cl)CC1. The van der Waals surface area contributed by atoms with Crippen LogP contribution in [0.1, 0.15) is 12.8 Å². The summed E-state index contributed by atoms with van der Waals surface area (Å²) in [6, 6.07) is 0. The van der Waals surface area contributed by atoms with Gasteiger partial charge in [-0.15, -0.1) is 0 Å². The second-order valence-electron chi connectivity index (χ2n) is 3.56. The van der Waals surface area contributed by atoms with Crippen LogP contribution in [0, 0.1) is 5.92 Å². The standard InChI is InChI=1S/C7H14ClNO3S2/c1-14(11,12)9-4-2-7(3-5-9)6-13(8)10/h7H,2-6H2,1H3. The van der Waals surface area contributed by atoms with Crippen molar-refractivity contribution in [1.82, 2.24) is 4.31 Å². The molecule has 1 unspecified atom stereocenters. The van der Waals surface area contributed by atoms with Gasteiger partial charge in [0.15, 0.2) is 0 Å². The van der Waals surface area contributed by atoms with E-state index in [0.717, 1.165) is 12.8 Å². The first-order valence-corrected chi connectivity index (χ1v) is 8.38. The van der Waals surface area contributed by atoms with Crippen molar-refractivity contribution in [3.8, 4) is 0 Å². The van der Waals surface area contributed by atoms with Gasteiger partial charge in [0.2, 0.25) is 10.0 Å². The van der Waals surface area contributed by atoms with E-state index in [4.69, 9.17) is 10.7 Å². The summed E-state index contributed by atoms with van der Waals surface area (Å²) < 4.78 is 34.5. The van der Waals surface area contributed by atoms with Crippen molar-refractivity contribution >= 4 is 30.7 Å². The van der Waals surface area contributed by atoms with Gasteiger partial charge >= 0.3 is 0 Å². The Labute approximate surface area is 91.6 Å². The van der Waals surface area contributed by atoms with E-state index in [1.165, 1.54) is 10.6 Å². The number of rotatable bonds is 3. The van der Waals surface area contributed by atoms with E-state index in [-0.39, 0.29) is 0 Å². The Bertz CT molecular complexity index is 309. The van der Waals surface area contributed by atoms with Gasteiger partial charge in [-0.05, 0) is 29.4 Å². The van der Waals surface area contributed by atoms with Crippen LogP contribution in [0.2, 0.25) is 0 Å². The predicted molar refractivity (Wildman–Crippen MR) is 58.0 cm³/mol. The molecule has 1 aliphatic rings. The van der Waals surface area contributed by atoms with Gasteiger partial charge in [-0.1, -0.05) is 0 Å². The highest BCUT2D eigenvalue weighted by Gasteiger charge is 2.25. The molecular weight excluding hydrogens is 246 g/mol. The van der Waals surface area contributed by atoms with Crippen LogP contribution < -0.4 is 0 Å². The Hall–Kier alpha value is 0.350. The van der Waals surface area contributed by atoms with Crippen molar-refractivity contribution in [2.24, 2.45) is 5.92 Å². The van der Waals surface area contributed by atoms with Crippen LogP contribution >= 0.6 is 10.7 Å². The Kier molecular flexibility index (Phi) is 4.36. The maximum Gasteiger partial charge on any atom is 0.211 e. The normalized spacial score (nSPS) is 23.6. The lowest BCUT2D eigenvalue weighted by atomic mass is 10.0. The highest BCUT2D eigenvalue weighted by atomic mass is 35.7. The molecule has 1 aliphatic heterocycles. The third-order valence-corrected chi connectivity index (χ3v) is 4.82. The van der Waals surface area contributed by atoms with Crippen LogP contribution in [0.5, 0.6) is 0 Å². The molecule has 1 atom stereocenters. The van der Waals surface area contributed by atoms with E-state index in [9.17, 15) is 12.6 Å². The second-order valence-corrected chi connectivity index (χ2v) is 7.49. The van der Waals surface area contributed by atoms with E-state index in [0.29, 0.717) is 24.8 Å². The van der Waals surface area contributed by atoms with Crippen molar-refractivity contribution in [3.05, 3.63) is 0 Å². The lowest BCUT2D eigenvalue weighted by Crippen LogP contribution is -2.38. The summed E-state index contributed by atoms with van der Waals surface area (Å²) in [4.78, 5) is 0. The van der Waals surface area contributed by atoms with Crippen LogP contribution in [0.4, 0.5) is 0 Å². The third-order valence-electron chi connectivity index (χ3n) is 2.41. The van der Waals surface area contributed by atoms with E-state index >= 15 is 0 Å². The van der Waals surface area contributed by atoms with E-state index < -0.39 is 20.0 Å². The smallest absolute Gasteiger partial charge is 0.211 e. The molecule has 0 saturated carbocycles. The number of hydrogen-bond donors (Lipinski definition) is 0. The quantitative estimate of drug-likeness (QED) is 0.696. The molecule has 84 valence electrons. The summed E-state index contributed by atoms with van der Waals surface area (Å²) >= 11 is 0. The van der Waals surface area contributed by atoms with Gasteiger partial charge in [-0.3, -0.25) is 0 Å². The second kappa shape index (κ2) is 4.92. The molecule has 7 heteroatoms. The van der Waals surface area contributed by atoms with Crippen LogP contribution in [0.15, 0.2) is 0 Å². The van der Waals surface area contributed by atoms with Crippen molar-refractivity contribution in [2.45, 2.75) is 12.8 Å². The molecule has 1 rings (SSSR count). The first kappa shape index (κ1) is 12.4.